The van der Waals surface area contributed by atoms with Crippen molar-refractivity contribution in [1.29, 1.82) is 0 Å². The van der Waals surface area contributed by atoms with Crippen molar-refractivity contribution in [2.75, 3.05) is 13.7 Å². The molecule has 1 unspecified atom stereocenters. The average Bonchev–Trinajstić information content (AvgIpc) is 3.11. The minimum absolute atomic E-state index is 0.0697. The second-order valence-corrected chi connectivity index (χ2v) is 7.48. The van der Waals surface area contributed by atoms with Crippen molar-refractivity contribution in [2.24, 2.45) is 0 Å². The molecule has 1 aromatic heterocycles. The number of sulfonamides is 1. The summed E-state index contributed by atoms with van der Waals surface area (Å²) in [5.41, 5.74) is 1.68. The molecule has 126 valence electrons. The molecule has 0 saturated carbocycles. The number of benzene rings is 1. The van der Waals surface area contributed by atoms with Crippen LogP contribution in [0, 0.1) is 0 Å². The van der Waals surface area contributed by atoms with Gasteiger partial charge in [-0.25, -0.2) is 13.4 Å². The molecule has 2 heterocycles. The van der Waals surface area contributed by atoms with Crippen molar-refractivity contribution >= 4 is 10.0 Å². The Balaban J connectivity index is 1.98. The molecular weight excluding hydrogens is 324 g/mol. The van der Waals surface area contributed by atoms with E-state index in [1.165, 1.54) is 0 Å². The summed E-state index contributed by atoms with van der Waals surface area (Å²) in [6.45, 7) is 2.41. The van der Waals surface area contributed by atoms with Crippen molar-refractivity contribution in [1.82, 2.24) is 9.29 Å². The molecule has 1 aliphatic rings. The van der Waals surface area contributed by atoms with E-state index in [1.54, 1.807) is 41.9 Å². The van der Waals surface area contributed by atoms with Crippen LogP contribution in [0.2, 0.25) is 0 Å². The maximum atomic E-state index is 13.0. The summed E-state index contributed by atoms with van der Waals surface area (Å²) in [5, 5.41) is 0. The summed E-state index contributed by atoms with van der Waals surface area (Å²) in [6.07, 6.45) is 6.27. The summed E-state index contributed by atoms with van der Waals surface area (Å²) in [5.74, 6) is 0.496. The van der Waals surface area contributed by atoms with E-state index in [0.29, 0.717) is 17.3 Å². The van der Waals surface area contributed by atoms with Crippen molar-refractivity contribution in [3.05, 3.63) is 54.7 Å². The van der Waals surface area contributed by atoms with Gasteiger partial charge in [-0.05, 0) is 35.7 Å². The van der Waals surface area contributed by atoms with E-state index in [1.807, 2.05) is 31.2 Å². The zero-order valence-electron chi connectivity index (χ0n) is 13.7. The van der Waals surface area contributed by atoms with Crippen LogP contribution < -0.4 is 4.74 Å². The molecule has 0 aliphatic carbocycles. The molecule has 0 fully saturated rings. The molecule has 1 atom stereocenters. The van der Waals surface area contributed by atoms with Crippen LogP contribution in [0.3, 0.4) is 0 Å². The van der Waals surface area contributed by atoms with Crippen molar-refractivity contribution in [3.8, 4) is 17.0 Å². The van der Waals surface area contributed by atoms with Gasteiger partial charge in [0.25, 0.3) is 0 Å². The standard InChI is InChI=1S/C18H20N2O3S/c1-3-16-7-5-11-20(16)24(21,22)17-8-4-6-14(12-17)15-9-10-19-18(13-15)23-2/h4-10,12-13,16H,3,11H2,1-2H3. The molecule has 0 N–H and O–H groups in total. The third-order valence-corrected chi connectivity index (χ3v) is 6.04. The first-order chi connectivity index (χ1) is 11.6. The van der Waals surface area contributed by atoms with Crippen molar-refractivity contribution < 1.29 is 13.2 Å². The average molecular weight is 344 g/mol. The van der Waals surface area contributed by atoms with E-state index in [9.17, 15) is 8.42 Å². The Morgan fingerprint density at radius 2 is 2.04 bits per heavy atom. The lowest BCUT2D eigenvalue weighted by atomic mass is 10.1. The van der Waals surface area contributed by atoms with Gasteiger partial charge in [0.05, 0.1) is 12.0 Å². The quantitative estimate of drug-likeness (QED) is 0.782. The second-order valence-electron chi connectivity index (χ2n) is 5.59. The Kier molecular flexibility index (Phi) is 4.69. The van der Waals surface area contributed by atoms with Gasteiger partial charge in [0.1, 0.15) is 0 Å². The van der Waals surface area contributed by atoms with Crippen LogP contribution in [0.5, 0.6) is 5.88 Å². The molecule has 5 nitrogen and oxygen atoms in total. The molecule has 24 heavy (non-hydrogen) atoms. The summed E-state index contributed by atoms with van der Waals surface area (Å²) in [6, 6.07) is 10.5. The number of ether oxygens (including phenoxy) is 1. The van der Waals surface area contributed by atoms with Crippen LogP contribution in [0.4, 0.5) is 0 Å². The molecule has 6 heteroatoms. The minimum atomic E-state index is -3.52. The Hall–Kier alpha value is -2.18. The lowest BCUT2D eigenvalue weighted by molar-refractivity contribution is 0.398. The largest absolute Gasteiger partial charge is 0.481 e. The summed E-state index contributed by atoms with van der Waals surface area (Å²) in [4.78, 5) is 4.39. The van der Waals surface area contributed by atoms with E-state index in [2.05, 4.69) is 4.98 Å². The van der Waals surface area contributed by atoms with E-state index in [-0.39, 0.29) is 6.04 Å². The fraction of sp³-hybridized carbons (Fsp3) is 0.278. The van der Waals surface area contributed by atoms with Crippen LogP contribution in [0.25, 0.3) is 11.1 Å². The smallest absolute Gasteiger partial charge is 0.243 e. The van der Waals surface area contributed by atoms with Crippen molar-refractivity contribution in [2.45, 2.75) is 24.3 Å². The van der Waals surface area contributed by atoms with Gasteiger partial charge in [-0.2, -0.15) is 4.31 Å². The Labute approximate surface area is 142 Å². The van der Waals surface area contributed by atoms with E-state index in [4.69, 9.17) is 4.74 Å². The van der Waals surface area contributed by atoms with Crippen LogP contribution >= 0.6 is 0 Å². The predicted octanol–water partition coefficient (Wildman–Crippen LogP) is 3.10. The van der Waals surface area contributed by atoms with Crippen LogP contribution in [0.1, 0.15) is 13.3 Å². The number of methoxy groups -OCH3 is 1. The van der Waals surface area contributed by atoms with Gasteiger partial charge in [-0.3, -0.25) is 0 Å². The SMILES string of the molecule is CCC1C=CCN1S(=O)(=O)c1cccc(-c2ccnc(OC)c2)c1. The van der Waals surface area contributed by atoms with E-state index < -0.39 is 10.0 Å². The van der Waals surface area contributed by atoms with Gasteiger partial charge < -0.3 is 4.74 Å². The molecule has 2 aromatic rings. The van der Waals surface area contributed by atoms with Crippen molar-refractivity contribution in [3.63, 3.8) is 0 Å². The lowest BCUT2D eigenvalue weighted by Gasteiger charge is -2.23. The van der Waals surface area contributed by atoms with Gasteiger partial charge in [0.2, 0.25) is 15.9 Å². The van der Waals surface area contributed by atoms with Gasteiger partial charge in [-0.1, -0.05) is 31.2 Å². The predicted molar refractivity (Wildman–Crippen MR) is 93.3 cm³/mol. The number of pyridine rings is 1. The van der Waals surface area contributed by atoms with E-state index >= 15 is 0 Å². The van der Waals surface area contributed by atoms with Gasteiger partial charge in [-0.15, -0.1) is 0 Å². The molecule has 3 rings (SSSR count). The van der Waals surface area contributed by atoms with Crippen LogP contribution in [-0.2, 0) is 10.0 Å². The number of hydrogen-bond acceptors (Lipinski definition) is 4. The van der Waals surface area contributed by atoms with E-state index in [0.717, 1.165) is 17.5 Å². The zero-order chi connectivity index (χ0) is 17.2. The minimum Gasteiger partial charge on any atom is -0.481 e. The fourth-order valence-corrected chi connectivity index (χ4v) is 4.50. The van der Waals surface area contributed by atoms with Crippen LogP contribution in [-0.4, -0.2) is 37.4 Å². The first-order valence-corrected chi connectivity index (χ1v) is 9.29. The molecule has 1 aliphatic heterocycles. The number of hydrogen-bond donors (Lipinski definition) is 0. The molecule has 1 aromatic carbocycles. The normalized spacial score (nSPS) is 18.0. The monoisotopic (exact) mass is 344 g/mol. The molecule has 0 amide bonds. The first-order valence-electron chi connectivity index (χ1n) is 7.85. The number of nitrogens with zero attached hydrogens (tertiary/aromatic N) is 2. The summed E-state index contributed by atoms with van der Waals surface area (Å²) in [7, 11) is -1.97. The zero-order valence-corrected chi connectivity index (χ0v) is 14.5. The fourth-order valence-electron chi connectivity index (χ4n) is 2.84. The Morgan fingerprint density at radius 1 is 1.25 bits per heavy atom. The highest BCUT2D eigenvalue weighted by molar-refractivity contribution is 7.89. The van der Waals surface area contributed by atoms with Gasteiger partial charge >= 0.3 is 0 Å². The lowest BCUT2D eigenvalue weighted by Crippen LogP contribution is -2.35. The maximum absolute atomic E-state index is 13.0. The summed E-state index contributed by atoms with van der Waals surface area (Å²) >= 11 is 0. The molecule has 0 saturated heterocycles. The molecule has 0 spiro atoms. The molecule has 0 bridgehead atoms. The number of aromatic nitrogens is 1. The highest BCUT2D eigenvalue weighted by Gasteiger charge is 2.31. The Bertz CT molecular complexity index is 862. The van der Waals surface area contributed by atoms with Gasteiger partial charge in [0, 0.05) is 24.8 Å². The first kappa shape index (κ1) is 16.7. The third kappa shape index (κ3) is 3.07. The summed E-state index contributed by atoms with van der Waals surface area (Å²) < 4.78 is 32.6. The maximum Gasteiger partial charge on any atom is 0.243 e. The molecule has 0 radical (unpaired) electrons. The van der Waals surface area contributed by atoms with Crippen LogP contribution in [0.15, 0.2) is 59.6 Å². The topological polar surface area (TPSA) is 59.5 Å². The third-order valence-electron chi connectivity index (χ3n) is 4.15. The van der Waals surface area contributed by atoms with Gasteiger partial charge in [0.15, 0.2) is 0 Å². The highest BCUT2D eigenvalue weighted by Crippen LogP contribution is 2.28. The number of rotatable bonds is 5. The second kappa shape index (κ2) is 6.75. The molecular formula is C18H20N2O3S. The Morgan fingerprint density at radius 3 is 2.79 bits per heavy atom. The highest BCUT2D eigenvalue weighted by atomic mass is 32.2.